The van der Waals surface area contributed by atoms with Crippen molar-refractivity contribution in [3.8, 4) is 0 Å². The minimum Gasteiger partial charge on any atom is -0.448 e. The monoisotopic (exact) mass is 350 g/mol. The number of nitro benzene ring substituents is 1. The molecule has 1 aromatic rings. The Kier molecular flexibility index (Phi) is 5.01. The Morgan fingerprint density at radius 2 is 2.21 bits per heavy atom. The SMILES string of the molecule is CCOC(=O)N=S(C)(=O)c1ccc([N+](=O)[O-])cc1Br. The number of benzene rings is 1. The molecule has 0 saturated heterocycles. The molecule has 0 spiro atoms. The third kappa shape index (κ3) is 4.00. The summed E-state index contributed by atoms with van der Waals surface area (Å²) in [4.78, 5) is 21.4. The first-order valence-electron chi connectivity index (χ1n) is 5.11. The van der Waals surface area contributed by atoms with Crippen LogP contribution in [0.4, 0.5) is 10.5 Å². The summed E-state index contributed by atoms with van der Waals surface area (Å²) in [5.74, 6) is 0. The highest BCUT2D eigenvalue weighted by molar-refractivity contribution is 9.10. The van der Waals surface area contributed by atoms with Crippen molar-refractivity contribution in [1.29, 1.82) is 0 Å². The van der Waals surface area contributed by atoms with Crippen molar-refractivity contribution in [3.05, 3.63) is 32.8 Å². The summed E-state index contributed by atoms with van der Waals surface area (Å²) in [5.41, 5.74) is -0.151. The van der Waals surface area contributed by atoms with Crippen LogP contribution in [0.2, 0.25) is 0 Å². The molecule has 0 bridgehead atoms. The summed E-state index contributed by atoms with van der Waals surface area (Å²) < 4.78 is 20.6. The molecule has 1 rings (SSSR count). The number of non-ortho nitro benzene ring substituents is 1. The molecule has 0 aliphatic heterocycles. The van der Waals surface area contributed by atoms with E-state index in [9.17, 15) is 19.1 Å². The molecule has 0 aromatic heterocycles. The van der Waals surface area contributed by atoms with Crippen LogP contribution >= 0.6 is 15.9 Å². The van der Waals surface area contributed by atoms with Gasteiger partial charge in [0.25, 0.3) is 5.69 Å². The van der Waals surface area contributed by atoms with Crippen LogP contribution in [0.3, 0.4) is 0 Å². The van der Waals surface area contributed by atoms with Gasteiger partial charge in [0.1, 0.15) is 0 Å². The third-order valence-corrected chi connectivity index (χ3v) is 4.64. The van der Waals surface area contributed by atoms with Crippen molar-refractivity contribution in [3.63, 3.8) is 0 Å². The van der Waals surface area contributed by atoms with Crippen molar-refractivity contribution in [1.82, 2.24) is 0 Å². The first-order chi connectivity index (χ1) is 8.77. The van der Waals surface area contributed by atoms with Gasteiger partial charge in [-0.25, -0.2) is 9.00 Å². The van der Waals surface area contributed by atoms with Gasteiger partial charge < -0.3 is 4.74 Å². The Bertz CT molecular complexity index is 637. The molecule has 0 aliphatic carbocycles. The Labute approximate surface area is 118 Å². The van der Waals surface area contributed by atoms with E-state index < -0.39 is 20.7 Å². The quantitative estimate of drug-likeness (QED) is 0.616. The van der Waals surface area contributed by atoms with Gasteiger partial charge in [-0.05, 0) is 28.9 Å². The van der Waals surface area contributed by atoms with Gasteiger partial charge in [0.15, 0.2) is 0 Å². The number of carbonyl (C=O) groups excluding carboxylic acids is 1. The van der Waals surface area contributed by atoms with E-state index >= 15 is 0 Å². The number of nitrogens with zero attached hydrogens (tertiary/aromatic N) is 2. The number of carbonyl (C=O) groups is 1. The minimum atomic E-state index is -3.02. The van der Waals surface area contributed by atoms with Crippen LogP contribution in [-0.2, 0) is 14.5 Å². The molecule has 0 N–H and O–H groups in total. The van der Waals surface area contributed by atoms with Gasteiger partial charge >= 0.3 is 6.09 Å². The van der Waals surface area contributed by atoms with Crippen LogP contribution in [0.15, 0.2) is 31.9 Å². The molecule has 19 heavy (non-hydrogen) atoms. The number of hydrogen-bond acceptors (Lipinski definition) is 5. The van der Waals surface area contributed by atoms with E-state index in [4.69, 9.17) is 0 Å². The summed E-state index contributed by atoms with van der Waals surface area (Å²) in [5, 5.41) is 10.6. The number of nitro groups is 1. The molecule has 0 radical (unpaired) electrons. The van der Waals surface area contributed by atoms with Crippen LogP contribution in [-0.4, -0.2) is 28.1 Å². The Morgan fingerprint density at radius 3 is 2.68 bits per heavy atom. The Morgan fingerprint density at radius 1 is 1.58 bits per heavy atom. The van der Waals surface area contributed by atoms with E-state index in [2.05, 4.69) is 25.0 Å². The normalized spacial score (nSPS) is 13.4. The van der Waals surface area contributed by atoms with E-state index in [0.717, 1.165) is 0 Å². The number of amides is 1. The van der Waals surface area contributed by atoms with Crippen molar-refractivity contribution in [2.75, 3.05) is 12.9 Å². The van der Waals surface area contributed by atoms with Gasteiger partial charge in [0.05, 0.1) is 26.2 Å². The summed E-state index contributed by atoms with van der Waals surface area (Å²) in [6.45, 7) is 1.73. The van der Waals surface area contributed by atoms with E-state index in [0.29, 0.717) is 0 Å². The molecule has 0 fully saturated rings. The molecule has 1 atom stereocenters. The molecule has 7 nitrogen and oxygen atoms in total. The van der Waals surface area contributed by atoms with Gasteiger partial charge in [-0.2, -0.15) is 0 Å². The largest absolute Gasteiger partial charge is 0.448 e. The van der Waals surface area contributed by atoms with E-state index in [1.807, 2.05) is 0 Å². The second-order valence-electron chi connectivity index (χ2n) is 3.46. The fourth-order valence-corrected chi connectivity index (χ4v) is 3.70. The molecular formula is C10H11BrN2O5S. The van der Waals surface area contributed by atoms with E-state index in [1.54, 1.807) is 6.92 Å². The standard InChI is InChI=1S/C10H11BrN2O5S/c1-3-18-10(14)12-19(2,17)9-5-4-7(13(15)16)6-8(9)11/h4-6H,3H2,1-2H3. The third-order valence-electron chi connectivity index (χ3n) is 2.05. The molecular weight excluding hydrogens is 340 g/mol. The number of rotatable bonds is 3. The molecule has 104 valence electrons. The van der Waals surface area contributed by atoms with Gasteiger partial charge in [-0.15, -0.1) is 4.36 Å². The van der Waals surface area contributed by atoms with Crippen LogP contribution in [0.5, 0.6) is 0 Å². The summed E-state index contributed by atoms with van der Waals surface area (Å²) >= 11 is 3.08. The van der Waals surface area contributed by atoms with Gasteiger partial charge in [-0.1, -0.05) is 0 Å². The number of halogens is 1. The Hall–Kier alpha value is -1.48. The maximum absolute atomic E-state index is 12.3. The lowest BCUT2D eigenvalue weighted by molar-refractivity contribution is -0.385. The topological polar surface area (TPSA) is 98.9 Å². The van der Waals surface area contributed by atoms with Crippen molar-refractivity contribution in [2.24, 2.45) is 4.36 Å². The zero-order valence-corrected chi connectivity index (χ0v) is 12.6. The first-order valence-corrected chi connectivity index (χ1v) is 7.82. The molecule has 1 aromatic carbocycles. The number of hydrogen-bond donors (Lipinski definition) is 0. The van der Waals surface area contributed by atoms with E-state index in [-0.39, 0.29) is 21.7 Å². The highest BCUT2D eigenvalue weighted by atomic mass is 79.9. The van der Waals surface area contributed by atoms with E-state index in [1.165, 1.54) is 24.5 Å². The molecule has 0 saturated carbocycles. The average molecular weight is 351 g/mol. The fraction of sp³-hybridized carbons (Fsp3) is 0.300. The molecule has 1 amide bonds. The highest BCUT2D eigenvalue weighted by Crippen LogP contribution is 2.27. The lowest BCUT2D eigenvalue weighted by atomic mass is 10.3. The lowest BCUT2D eigenvalue weighted by Crippen LogP contribution is -2.06. The van der Waals surface area contributed by atoms with Crippen molar-refractivity contribution in [2.45, 2.75) is 11.8 Å². The Balaban J connectivity index is 3.26. The van der Waals surface area contributed by atoms with Crippen LogP contribution in [0, 0.1) is 10.1 Å². The molecule has 9 heteroatoms. The van der Waals surface area contributed by atoms with Gasteiger partial charge in [0, 0.05) is 22.9 Å². The average Bonchev–Trinajstić information content (AvgIpc) is 2.27. The zero-order chi connectivity index (χ0) is 14.6. The zero-order valence-electron chi connectivity index (χ0n) is 10.2. The minimum absolute atomic E-state index is 0.124. The second-order valence-corrected chi connectivity index (χ2v) is 6.55. The predicted molar refractivity (Wildman–Crippen MR) is 72.6 cm³/mol. The fourth-order valence-electron chi connectivity index (χ4n) is 1.25. The first kappa shape index (κ1) is 15.6. The smallest absolute Gasteiger partial charge is 0.442 e. The summed E-state index contributed by atoms with van der Waals surface area (Å²) in [6.07, 6.45) is 0.329. The second kappa shape index (κ2) is 6.11. The van der Waals surface area contributed by atoms with Crippen molar-refractivity contribution >= 4 is 37.4 Å². The molecule has 1 unspecified atom stereocenters. The molecule has 0 heterocycles. The molecule has 0 aliphatic rings. The summed E-state index contributed by atoms with van der Waals surface area (Å²) in [7, 11) is -3.02. The lowest BCUT2D eigenvalue weighted by Gasteiger charge is -2.06. The van der Waals surface area contributed by atoms with Crippen LogP contribution in [0.25, 0.3) is 0 Å². The highest BCUT2D eigenvalue weighted by Gasteiger charge is 2.16. The van der Waals surface area contributed by atoms with Gasteiger partial charge in [0.2, 0.25) is 0 Å². The van der Waals surface area contributed by atoms with Crippen LogP contribution < -0.4 is 0 Å². The predicted octanol–water partition coefficient (Wildman–Crippen LogP) is 2.97. The maximum atomic E-state index is 12.3. The van der Waals surface area contributed by atoms with Gasteiger partial charge in [-0.3, -0.25) is 10.1 Å². The number of ether oxygens (including phenoxy) is 1. The van der Waals surface area contributed by atoms with Crippen LogP contribution in [0.1, 0.15) is 6.92 Å². The van der Waals surface area contributed by atoms with Crippen molar-refractivity contribution < 1.29 is 18.7 Å². The maximum Gasteiger partial charge on any atom is 0.442 e. The summed E-state index contributed by atoms with van der Waals surface area (Å²) in [6, 6.07) is 3.70.